The summed E-state index contributed by atoms with van der Waals surface area (Å²) in [5.41, 5.74) is 4.27. The van der Waals surface area contributed by atoms with E-state index in [0.29, 0.717) is 29.2 Å². The summed E-state index contributed by atoms with van der Waals surface area (Å²) in [6.07, 6.45) is 2.00. The lowest BCUT2D eigenvalue weighted by Gasteiger charge is -2.21. The molecule has 1 aliphatic rings. The number of rotatable bonds is 4. The van der Waals surface area contributed by atoms with Crippen LogP contribution in [0.5, 0.6) is 0 Å². The third-order valence-electron chi connectivity index (χ3n) is 4.79. The fourth-order valence-electron chi connectivity index (χ4n) is 3.30. The topological polar surface area (TPSA) is 62.3 Å². The zero-order chi connectivity index (χ0) is 20.4. The summed E-state index contributed by atoms with van der Waals surface area (Å²) in [5.74, 6) is -0.132. The number of aromatic nitrogens is 1. The third-order valence-corrected chi connectivity index (χ3v) is 5.85. The van der Waals surface area contributed by atoms with E-state index in [1.165, 1.54) is 17.3 Å². The van der Waals surface area contributed by atoms with Gasteiger partial charge in [-0.3, -0.25) is 9.59 Å². The number of pyridine rings is 1. The highest BCUT2D eigenvalue weighted by atomic mass is 32.2. The predicted molar refractivity (Wildman–Crippen MR) is 116 cm³/mol. The molecule has 0 bridgehead atoms. The maximum atomic E-state index is 12.9. The monoisotopic (exact) mass is 403 g/mol. The molecule has 4 rings (SSSR count). The van der Waals surface area contributed by atoms with Gasteiger partial charge in [-0.05, 0) is 49.7 Å². The number of aryl methyl sites for hydroxylation is 1. The molecule has 1 aliphatic heterocycles. The van der Waals surface area contributed by atoms with Gasteiger partial charge in [0.05, 0.1) is 17.7 Å². The van der Waals surface area contributed by atoms with Gasteiger partial charge < -0.3 is 10.2 Å². The first-order valence-electron chi connectivity index (χ1n) is 9.49. The minimum atomic E-state index is -0.0747. The zero-order valence-electron chi connectivity index (χ0n) is 16.3. The molecule has 0 fully saturated rings. The predicted octanol–water partition coefficient (Wildman–Crippen LogP) is 4.70. The van der Waals surface area contributed by atoms with Gasteiger partial charge in [-0.2, -0.15) is 0 Å². The molecule has 3 aromatic rings. The van der Waals surface area contributed by atoms with Crippen molar-refractivity contribution in [2.75, 3.05) is 16.8 Å². The molecule has 0 spiro atoms. The Morgan fingerprint density at radius 1 is 1.14 bits per heavy atom. The van der Waals surface area contributed by atoms with Gasteiger partial charge in [-0.25, -0.2) is 4.98 Å². The number of hydrogen-bond donors (Lipinski definition) is 1. The number of benzene rings is 2. The molecule has 0 saturated carbocycles. The lowest BCUT2D eigenvalue weighted by molar-refractivity contribution is -0.115. The molecule has 2 aromatic carbocycles. The van der Waals surface area contributed by atoms with Crippen molar-refractivity contribution in [2.45, 2.75) is 30.2 Å². The van der Waals surface area contributed by atoms with Crippen LogP contribution in [0.15, 0.2) is 70.7 Å². The molecule has 0 unspecified atom stereocenters. The molecule has 1 N–H and O–H groups in total. The van der Waals surface area contributed by atoms with Crippen LogP contribution in [0.1, 0.15) is 28.4 Å². The Balaban J connectivity index is 1.59. The Morgan fingerprint density at radius 2 is 1.93 bits per heavy atom. The van der Waals surface area contributed by atoms with Crippen LogP contribution in [0.25, 0.3) is 0 Å². The standard InChI is InChI=1S/C23H21N3O2S/c1-3-26-19-11-10-17(25-21(27)13-16-8-6-15(2)7-9-16)14-20(19)29-22-18(23(26)28)5-4-12-24-22/h4-12,14H,3,13H2,1-2H3,(H,25,27). The van der Waals surface area contributed by atoms with Crippen molar-refractivity contribution < 1.29 is 9.59 Å². The fraction of sp³-hybridized carbons (Fsp3) is 0.174. The number of carbonyl (C=O) groups is 2. The number of nitrogens with one attached hydrogen (secondary N) is 1. The lowest BCUT2D eigenvalue weighted by atomic mass is 10.1. The highest BCUT2D eigenvalue weighted by molar-refractivity contribution is 7.99. The number of carbonyl (C=O) groups excluding carboxylic acids is 2. The minimum absolute atomic E-state index is 0.0574. The molecule has 2 amide bonds. The molecule has 0 atom stereocenters. The second-order valence-electron chi connectivity index (χ2n) is 6.90. The third kappa shape index (κ3) is 4.03. The van der Waals surface area contributed by atoms with Crippen LogP contribution in [-0.2, 0) is 11.2 Å². The van der Waals surface area contributed by atoms with E-state index in [1.54, 1.807) is 23.2 Å². The van der Waals surface area contributed by atoms with Crippen molar-refractivity contribution >= 4 is 35.0 Å². The van der Waals surface area contributed by atoms with E-state index < -0.39 is 0 Å². The van der Waals surface area contributed by atoms with Crippen molar-refractivity contribution in [3.63, 3.8) is 0 Å². The van der Waals surface area contributed by atoms with Gasteiger partial charge in [-0.15, -0.1) is 0 Å². The van der Waals surface area contributed by atoms with Gasteiger partial charge in [0.1, 0.15) is 5.03 Å². The first-order chi connectivity index (χ1) is 14.0. The Labute approximate surface area is 174 Å². The van der Waals surface area contributed by atoms with E-state index >= 15 is 0 Å². The van der Waals surface area contributed by atoms with Crippen LogP contribution >= 0.6 is 11.8 Å². The molecular formula is C23H21N3O2S. The Kier molecular flexibility index (Phi) is 5.36. The molecule has 1 aromatic heterocycles. The average molecular weight is 404 g/mol. The van der Waals surface area contributed by atoms with Gasteiger partial charge in [0.25, 0.3) is 5.91 Å². The van der Waals surface area contributed by atoms with Crippen LogP contribution in [0, 0.1) is 6.92 Å². The van der Waals surface area contributed by atoms with Crippen LogP contribution in [0.3, 0.4) is 0 Å². The van der Waals surface area contributed by atoms with Crippen molar-refractivity contribution in [2.24, 2.45) is 0 Å². The molecule has 5 nitrogen and oxygen atoms in total. The van der Waals surface area contributed by atoms with E-state index in [1.807, 2.05) is 56.3 Å². The van der Waals surface area contributed by atoms with Crippen LogP contribution in [0.2, 0.25) is 0 Å². The summed E-state index contributed by atoms with van der Waals surface area (Å²) in [6, 6.07) is 17.2. The van der Waals surface area contributed by atoms with Crippen molar-refractivity contribution in [3.8, 4) is 0 Å². The number of nitrogens with zero attached hydrogens (tertiary/aromatic N) is 2. The van der Waals surface area contributed by atoms with Gasteiger partial charge in [0.2, 0.25) is 5.91 Å². The van der Waals surface area contributed by atoms with Crippen molar-refractivity contribution in [1.29, 1.82) is 0 Å². The molecule has 6 heteroatoms. The summed E-state index contributed by atoms with van der Waals surface area (Å²) >= 11 is 1.45. The fourth-order valence-corrected chi connectivity index (χ4v) is 4.36. The summed E-state index contributed by atoms with van der Waals surface area (Å²) in [4.78, 5) is 32.4. The molecule has 0 aliphatic carbocycles. The number of anilines is 2. The summed E-state index contributed by atoms with van der Waals surface area (Å²) < 4.78 is 0. The minimum Gasteiger partial charge on any atom is -0.326 e. The SMILES string of the molecule is CCN1C(=O)c2cccnc2Sc2cc(NC(=O)Cc3ccc(C)cc3)ccc21. The molecule has 0 saturated heterocycles. The quantitative estimate of drug-likeness (QED) is 0.686. The molecular weight excluding hydrogens is 382 g/mol. The second kappa shape index (κ2) is 8.09. The Hall–Kier alpha value is -3.12. The molecule has 29 heavy (non-hydrogen) atoms. The first kappa shape index (κ1) is 19.2. The zero-order valence-corrected chi connectivity index (χ0v) is 17.1. The van der Waals surface area contributed by atoms with Gasteiger partial charge in [0.15, 0.2) is 0 Å². The number of amides is 2. The van der Waals surface area contributed by atoms with Crippen LogP contribution in [0.4, 0.5) is 11.4 Å². The average Bonchev–Trinajstić information content (AvgIpc) is 2.83. The first-order valence-corrected chi connectivity index (χ1v) is 10.3. The maximum absolute atomic E-state index is 12.9. The van der Waals surface area contributed by atoms with Crippen LogP contribution in [-0.4, -0.2) is 23.3 Å². The maximum Gasteiger partial charge on any atom is 0.261 e. The number of fused-ring (bicyclic) bond motifs is 2. The Bertz CT molecular complexity index is 1080. The smallest absolute Gasteiger partial charge is 0.261 e. The second-order valence-corrected chi connectivity index (χ2v) is 7.93. The molecule has 2 heterocycles. The molecule has 146 valence electrons. The summed E-state index contributed by atoms with van der Waals surface area (Å²) in [5, 5.41) is 3.65. The van der Waals surface area contributed by atoms with E-state index in [9.17, 15) is 9.59 Å². The van der Waals surface area contributed by atoms with Gasteiger partial charge in [-0.1, -0.05) is 41.6 Å². The number of hydrogen-bond acceptors (Lipinski definition) is 4. The van der Waals surface area contributed by atoms with Crippen molar-refractivity contribution in [1.82, 2.24) is 4.98 Å². The summed E-state index contributed by atoms with van der Waals surface area (Å²) in [7, 11) is 0. The Morgan fingerprint density at radius 3 is 2.69 bits per heavy atom. The van der Waals surface area contributed by atoms with Gasteiger partial charge in [0, 0.05) is 23.3 Å². The highest BCUT2D eigenvalue weighted by Crippen LogP contribution is 2.41. The van der Waals surface area contributed by atoms with Crippen molar-refractivity contribution in [3.05, 3.63) is 77.5 Å². The van der Waals surface area contributed by atoms with E-state index in [0.717, 1.165) is 16.1 Å². The van der Waals surface area contributed by atoms with Crippen LogP contribution < -0.4 is 10.2 Å². The van der Waals surface area contributed by atoms with E-state index in [-0.39, 0.29) is 11.8 Å². The van der Waals surface area contributed by atoms with E-state index in [2.05, 4.69) is 10.3 Å². The molecule has 0 radical (unpaired) electrons. The summed E-state index contributed by atoms with van der Waals surface area (Å²) in [6.45, 7) is 4.53. The highest BCUT2D eigenvalue weighted by Gasteiger charge is 2.27. The van der Waals surface area contributed by atoms with E-state index in [4.69, 9.17) is 0 Å². The van der Waals surface area contributed by atoms with Gasteiger partial charge >= 0.3 is 0 Å². The normalized spacial score (nSPS) is 12.8. The largest absolute Gasteiger partial charge is 0.326 e. The lowest BCUT2D eigenvalue weighted by Crippen LogP contribution is -2.30.